The van der Waals surface area contributed by atoms with Crippen LogP contribution in [0.2, 0.25) is 0 Å². The molecule has 0 aromatic heterocycles. The number of rotatable bonds is 3. The lowest BCUT2D eigenvalue weighted by molar-refractivity contribution is -0.142. The van der Waals surface area contributed by atoms with Crippen LogP contribution in [0, 0.1) is 0 Å². The summed E-state index contributed by atoms with van der Waals surface area (Å²) in [6.45, 7) is 1.85. The normalized spacial score (nSPS) is 14.0. The second-order valence-corrected chi connectivity index (χ2v) is 7.45. The fourth-order valence-electron chi connectivity index (χ4n) is 2.83. The predicted molar refractivity (Wildman–Crippen MR) is 94.5 cm³/mol. The molecule has 0 fully saturated rings. The fourth-order valence-corrected chi connectivity index (χ4v) is 3.29. The molecule has 0 aliphatic carbocycles. The standard InChI is InChI=1S/C19H17BrO2/c1-19(20,18(21)22-2)12-16-9-5-8-15-10-13-6-3-4-7-14(13)11-17(15)16/h3-11H,12H2,1-2H3. The van der Waals surface area contributed by atoms with Gasteiger partial charge in [-0.3, -0.25) is 4.79 Å². The van der Waals surface area contributed by atoms with Gasteiger partial charge in [0.05, 0.1) is 7.11 Å². The first-order chi connectivity index (χ1) is 10.5. The van der Waals surface area contributed by atoms with E-state index in [1.54, 1.807) is 0 Å². The van der Waals surface area contributed by atoms with Crippen LogP contribution in [0.1, 0.15) is 12.5 Å². The zero-order chi connectivity index (χ0) is 15.7. The number of benzene rings is 3. The van der Waals surface area contributed by atoms with E-state index in [1.807, 2.05) is 25.1 Å². The Hall–Kier alpha value is -1.87. The van der Waals surface area contributed by atoms with Gasteiger partial charge < -0.3 is 4.74 Å². The lowest BCUT2D eigenvalue weighted by atomic mass is 9.94. The van der Waals surface area contributed by atoms with Crippen LogP contribution in [-0.2, 0) is 16.0 Å². The largest absolute Gasteiger partial charge is 0.468 e. The van der Waals surface area contributed by atoms with E-state index < -0.39 is 4.32 Å². The van der Waals surface area contributed by atoms with Crippen molar-refractivity contribution in [2.45, 2.75) is 17.7 Å². The molecule has 22 heavy (non-hydrogen) atoms. The van der Waals surface area contributed by atoms with Gasteiger partial charge >= 0.3 is 5.97 Å². The quantitative estimate of drug-likeness (QED) is 0.380. The van der Waals surface area contributed by atoms with Gasteiger partial charge in [-0.2, -0.15) is 0 Å². The summed E-state index contributed by atoms with van der Waals surface area (Å²) in [6.07, 6.45) is 0.579. The molecule has 0 aliphatic rings. The van der Waals surface area contributed by atoms with Crippen molar-refractivity contribution in [1.82, 2.24) is 0 Å². The number of esters is 1. The molecule has 0 amide bonds. The van der Waals surface area contributed by atoms with Crippen LogP contribution >= 0.6 is 15.9 Å². The van der Waals surface area contributed by atoms with Crippen molar-refractivity contribution in [2.75, 3.05) is 7.11 Å². The van der Waals surface area contributed by atoms with Gasteiger partial charge in [-0.05, 0) is 52.6 Å². The molecule has 1 unspecified atom stereocenters. The lowest BCUT2D eigenvalue weighted by Gasteiger charge is -2.20. The number of carbonyl (C=O) groups excluding carboxylic acids is 1. The molecule has 3 aromatic carbocycles. The Bertz CT molecular complexity index is 852. The van der Waals surface area contributed by atoms with Gasteiger partial charge in [-0.1, -0.05) is 58.4 Å². The van der Waals surface area contributed by atoms with Crippen molar-refractivity contribution in [3.05, 3.63) is 60.2 Å². The zero-order valence-corrected chi connectivity index (χ0v) is 14.2. The third-order valence-corrected chi connectivity index (χ3v) is 4.57. The van der Waals surface area contributed by atoms with Gasteiger partial charge in [0.25, 0.3) is 0 Å². The number of hydrogen-bond acceptors (Lipinski definition) is 2. The molecule has 112 valence electrons. The molecule has 3 heteroatoms. The average Bonchev–Trinajstić information content (AvgIpc) is 2.52. The maximum Gasteiger partial charge on any atom is 0.322 e. The van der Waals surface area contributed by atoms with E-state index in [2.05, 4.69) is 52.3 Å². The van der Waals surface area contributed by atoms with E-state index in [4.69, 9.17) is 4.74 Å². The van der Waals surface area contributed by atoms with Crippen molar-refractivity contribution in [3.63, 3.8) is 0 Å². The Labute approximate surface area is 138 Å². The Morgan fingerprint density at radius 3 is 2.36 bits per heavy atom. The minimum absolute atomic E-state index is 0.259. The highest BCUT2D eigenvalue weighted by Gasteiger charge is 2.31. The molecule has 0 saturated carbocycles. The second kappa shape index (κ2) is 5.73. The van der Waals surface area contributed by atoms with Gasteiger partial charge in [0.1, 0.15) is 4.32 Å². The minimum Gasteiger partial charge on any atom is -0.468 e. The number of methoxy groups -OCH3 is 1. The predicted octanol–water partition coefficient (Wildman–Crippen LogP) is 4.86. The van der Waals surface area contributed by atoms with Gasteiger partial charge in [0.2, 0.25) is 0 Å². The van der Waals surface area contributed by atoms with E-state index in [-0.39, 0.29) is 5.97 Å². The summed E-state index contributed by atoms with van der Waals surface area (Å²) in [5.74, 6) is -0.259. The topological polar surface area (TPSA) is 26.3 Å². The van der Waals surface area contributed by atoms with Gasteiger partial charge in [0, 0.05) is 0 Å². The second-order valence-electron chi connectivity index (χ2n) is 5.70. The Kier molecular flexibility index (Phi) is 3.92. The van der Waals surface area contributed by atoms with Crippen molar-refractivity contribution < 1.29 is 9.53 Å². The summed E-state index contributed by atoms with van der Waals surface area (Å²) in [5, 5.41) is 4.79. The van der Waals surface area contributed by atoms with Gasteiger partial charge in [-0.15, -0.1) is 0 Å². The Balaban J connectivity index is 2.14. The van der Waals surface area contributed by atoms with Crippen LogP contribution < -0.4 is 0 Å². The summed E-state index contributed by atoms with van der Waals surface area (Å²) in [5.41, 5.74) is 1.13. The van der Waals surface area contributed by atoms with E-state index in [9.17, 15) is 4.79 Å². The van der Waals surface area contributed by atoms with Crippen LogP contribution in [0.25, 0.3) is 21.5 Å². The first-order valence-electron chi connectivity index (χ1n) is 7.19. The molecular formula is C19H17BrO2. The smallest absolute Gasteiger partial charge is 0.322 e. The van der Waals surface area contributed by atoms with Crippen molar-refractivity contribution in [1.29, 1.82) is 0 Å². The summed E-state index contributed by atoms with van der Waals surface area (Å²) in [4.78, 5) is 11.9. The van der Waals surface area contributed by atoms with E-state index in [0.29, 0.717) is 6.42 Å². The molecule has 0 saturated heterocycles. The highest BCUT2D eigenvalue weighted by Crippen LogP contribution is 2.31. The Morgan fingerprint density at radius 1 is 1.05 bits per heavy atom. The fraction of sp³-hybridized carbons (Fsp3) is 0.211. The van der Waals surface area contributed by atoms with Gasteiger partial charge in [0.15, 0.2) is 0 Å². The molecule has 2 nitrogen and oxygen atoms in total. The van der Waals surface area contributed by atoms with Crippen molar-refractivity contribution in [2.24, 2.45) is 0 Å². The first kappa shape index (κ1) is 15.0. The SMILES string of the molecule is COC(=O)C(C)(Br)Cc1cccc2cc3ccccc3cc12. The van der Waals surface area contributed by atoms with Crippen molar-refractivity contribution in [3.8, 4) is 0 Å². The molecule has 0 N–H and O–H groups in total. The Morgan fingerprint density at radius 2 is 1.68 bits per heavy atom. The monoisotopic (exact) mass is 356 g/mol. The molecule has 1 atom stereocenters. The molecule has 0 heterocycles. The summed E-state index contributed by atoms with van der Waals surface area (Å²) in [6, 6.07) is 18.9. The number of carbonyl (C=O) groups is 1. The maximum absolute atomic E-state index is 11.9. The van der Waals surface area contributed by atoms with Crippen LogP contribution in [0.3, 0.4) is 0 Å². The van der Waals surface area contributed by atoms with Crippen LogP contribution in [0.4, 0.5) is 0 Å². The third-order valence-electron chi connectivity index (χ3n) is 3.97. The van der Waals surface area contributed by atoms with E-state index in [1.165, 1.54) is 28.7 Å². The number of halogens is 1. The van der Waals surface area contributed by atoms with Crippen LogP contribution in [0.5, 0.6) is 0 Å². The number of ether oxygens (including phenoxy) is 1. The molecule has 0 aliphatic heterocycles. The molecule has 3 aromatic rings. The van der Waals surface area contributed by atoms with E-state index in [0.717, 1.165) is 5.56 Å². The highest BCUT2D eigenvalue weighted by molar-refractivity contribution is 9.10. The minimum atomic E-state index is -0.721. The van der Waals surface area contributed by atoms with E-state index >= 15 is 0 Å². The molecule has 0 spiro atoms. The number of fused-ring (bicyclic) bond motifs is 2. The summed E-state index contributed by atoms with van der Waals surface area (Å²) in [7, 11) is 1.42. The van der Waals surface area contributed by atoms with Crippen molar-refractivity contribution >= 4 is 43.4 Å². The zero-order valence-electron chi connectivity index (χ0n) is 12.6. The molecular weight excluding hydrogens is 340 g/mol. The molecule has 0 bridgehead atoms. The number of hydrogen-bond donors (Lipinski definition) is 0. The van der Waals surface area contributed by atoms with Crippen LogP contribution in [-0.4, -0.2) is 17.4 Å². The van der Waals surface area contributed by atoms with Gasteiger partial charge in [-0.25, -0.2) is 0 Å². The highest BCUT2D eigenvalue weighted by atomic mass is 79.9. The lowest BCUT2D eigenvalue weighted by Crippen LogP contribution is -2.32. The summed E-state index contributed by atoms with van der Waals surface area (Å²) >= 11 is 3.51. The first-order valence-corrected chi connectivity index (χ1v) is 7.98. The molecule has 0 radical (unpaired) electrons. The summed E-state index contributed by atoms with van der Waals surface area (Å²) < 4.78 is 4.16. The third kappa shape index (κ3) is 2.73. The maximum atomic E-state index is 11.9. The molecule has 3 rings (SSSR count). The number of alkyl halides is 1. The average molecular weight is 357 g/mol. The van der Waals surface area contributed by atoms with Crippen LogP contribution in [0.15, 0.2) is 54.6 Å².